The Kier molecular flexibility index (Phi) is 5.85. The van der Waals surface area contributed by atoms with Gasteiger partial charge in [0, 0.05) is 39.2 Å². The highest BCUT2D eigenvalue weighted by Gasteiger charge is 2.00. The molecule has 4 nitrogen and oxygen atoms in total. The first kappa shape index (κ1) is 12.0. The second kappa shape index (κ2) is 7.29. The molecule has 1 aromatic rings. The molecule has 86 valence electrons. The Hall–Kier alpha value is -1.03. The molecule has 0 atom stereocenters. The van der Waals surface area contributed by atoms with Crippen molar-refractivity contribution < 1.29 is 4.74 Å². The third-order valence-corrected chi connectivity index (χ3v) is 2.28. The van der Waals surface area contributed by atoms with Gasteiger partial charge in [0.25, 0.3) is 0 Å². The smallest absolute Gasteiger partial charge is 0.202 e. The predicted molar refractivity (Wildman–Crippen MR) is 62.1 cm³/mol. The zero-order chi connectivity index (χ0) is 10.9. The summed E-state index contributed by atoms with van der Waals surface area (Å²) < 4.78 is 7.16. The number of aryl methyl sites for hydroxylation is 1. The Morgan fingerprint density at radius 2 is 2.33 bits per heavy atom. The first-order valence-electron chi connectivity index (χ1n) is 5.62. The van der Waals surface area contributed by atoms with E-state index in [0.29, 0.717) is 0 Å². The Morgan fingerprint density at radius 3 is 3.07 bits per heavy atom. The molecule has 0 bridgehead atoms. The van der Waals surface area contributed by atoms with Crippen molar-refractivity contribution in [2.24, 2.45) is 0 Å². The lowest BCUT2D eigenvalue weighted by Crippen LogP contribution is -2.09. The van der Waals surface area contributed by atoms with Crippen molar-refractivity contribution in [1.82, 2.24) is 9.55 Å². The van der Waals surface area contributed by atoms with Crippen LogP contribution in [-0.2, 0) is 11.3 Å². The van der Waals surface area contributed by atoms with Gasteiger partial charge in [-0.05, 0) is 12.8 Å². The van der Waals surface area contributed by atoms with Crippen molar-refractivity contribution in [3.8, 4) is 0 Å². The Morgan fingerprint density at radius 1 is 1.47 bits per heavy atom. The second-order valence-electron chi connectivity index (χ2n) is 3.57. The highest BCUT2D eigenvalue weighted by Crippen LogP contribution is 2.05. The van der Waals surface area contributed by atoms with E-state index in [1.54, 1.807) is 7.11 Å². The van der Waals surface area contributed by atoms with E-state index in [1.807, 2.05) is 12.4 Å². The number of aromatic nitrogens is 2. The number of rotatable bonds is 8. The van der Waals surface area contributed by atoms with Gasteiger partial charge in [-0.1, -0.05) is 13.3 Å². The van der Waals surface area contributed by atoms with Gasteiger partial charge in [-0.25, -0.2) is 4.98 Å². The minimum atomic E-state index is 0.798. The molecule has 0 saturated carbocycles. The molecule has 0 aliphatic carbocycles. The number of methoxy groups -OCH3 is 1. The van der Waals surface area contributed by atoms with Crippen molar-refractivity contribution in [2.45, 2.75) is 32.7 Å². The lowest BCUT2D eigenvalue weighted by atomic mass is 10.3. The van der Waals surface area contributed by atoms with E-state index < -0.39 is 0 Å². The van der Waals surface area contributed by atoms with Crippen LogP contribution in [-0.4, -0.2) is 29.8 Å². The van der Waals surface area contributed by atoms with Crippen molar-refractivity contribution in [3.05, 3.63) is 12.4 Å². The van der Waals surface area contributed by atoms with E-state index in [0.717, 1.165) is 32.1 Å². The molecule has 0 radical (unpaired) electrons. The average molecular weight is 211 g/mol. The van der Waals surface area contributed by atoms with Crippen LogP contribution in [0.5, 0.6) is 0 Å². The van der Waals surface area contributed by atoms with Crippen molar-refractivity contribution in [1.29, 1.82) is 0 Å². The molecule has 0 saturated heterocycles. The van der Waals surface area contributed by atoms with Gasteiger partial charge in [0.2, 0.25) is 5.95 Å². The molecule has 4 heteroatoms. The van der Waals surface area contributed by atoms with Crippen molar-refractivity contribution in [2.75, 3.05) is 25.6 Å². The summed E-state index contributed by atoms with van der Waals surface area (Å²) in [4.78, 5) is 4.28. The first-order chi connectivity index (χ1) is 7.38. The van der Waals surface area contributed by atoms with Crippen LogP contribution in [0, 0.1) is 0 Å². The van der Waals surface area contributed by atoms with Gasteiger partial charge in [0.05, 0.1) is 0 Å². The standard InChI is InChI=1S/C11H21N3O/c1-3-4-6-12-11-13-7-9-14(11)8-5-10-15-2/h7,9H,3-6,8,10H2,1-2H3,(H,12,13). The number of hydrogen-bond acceptors (Lipinski definition) is 3. The highest BCUT2D eigenvalue weighted by atomic mass is 16.5. The van der Waals surface area contributed by atoms with E-state index in [9.17, 15) is 0 Å². The van der Waals surface area contributed by atoms with Crippen LogP contribution < -0.4 is 5.32 Å². The fraction of sp³-hybridized carbons (Fsp3) is 0.727. The van der Waals surface area contributed by atoms with Crippen LogP contribution in [0.25, 0.3) is 0 Å². The molecule has 0 aliphatic heterocycles. The minimum absolute atomic E-state index is 0.798. The number of nitrogens with zero attached hydrogens (tertiary/aromatic N) is 2. The van der Waals surface area contributed by atoms with Gasteiger partial charge in [-0.2, -0.15) is 0 Å². The fourth-order valence-electron chi connectivity index (χ4n) is 1.41. The summed E-state index contributed by atoms with van der Waals surface area (Å²) in [5, 5.41) is 3.33. The van der Waals surface area contributed by atoms with Crippen LogP contribution in [0.15, 0.2) is 12.4 Å². The zero-order valence-electron chi connectivity index (χ0n) is 9.70. The molecule has 15 heavy (non-hydrogen) atoms. The SMILES string of the molecule is CCCCNc1nccn1CCCOC. The van der Waals surface area contributed by atoms with E-state index >= 15 is 0 Å². The molecule has 1 N–H and O–H groups in total. The molecule has 0 spiro atoms. The van der Waals surface area contributed by atoms with E-state index in [-0.39, 0.29) is 0 Å². The van der Waals surface area contributed by atoms with Crippen LogP contribution in [0.2, 0.25) is 0 Å². The zero-order valence-corrected chi connectivity index (χ0v) is 9.70. The fourth-order valence-corrected chi connectivity index (χ4v) is 1.41. The summed E-state index contributed by atoms with van der Waals surface area (Å²) >= 11 is 0. The molecule has 0 fully saturated rings. The van der Waals surface area contributed by atoms with Crippen LogP contribution >= 0.6 is 0 Å². The number of hydrogen-bond donors (Lipinski definition) is 1. The monoisotopic (exact) mass is 211 g/mol. The third kappa shape index (κ3) is 4.34. The maximum Gasteiger partial charge on any atom is 0.202 e. The lowest BCUT2D eigenvalue weighted by molar-refractivity contribution is 0.190. The van der Waals surface area contributed by atoms with Gasteiger partial charge >= 0.3 is 0 Å². The molecule has 0 amide bonds. The average Bonchev–Trinajstić information content (AvgIpc) is 2.67. The molecular formula is C11H21N3O. The number of ether oxygens (including phenoxy) is 1. The maximum absolute atomic E-state index is 5.02. The number of anilines is 1. The lowest BCUT2D eigenvalue weighted by Gasteiger charge is -2.08. The molecule has 0 unspecified atom stereocenters. The van der Waals surface area contributed by atoms with Gasteiger partial charge in [0.15, 0.2) is 0 Å². The van der Waals surface area contributed by atoms with Gasteiger partial charge < -0.3 is 14.6 Å². The largest absolute Gasteiger partial charge is 0.385 e. The van der Waals surface area contributed by atoms with Crippen LogP contribution in [0.1, 0.15) is 26.2 Å². The molecule has 1 aromatic heterocycles. The van der Waals surface area contributed by atoms with Crippen molar-refractivity contribution in [3.63, 3.8) is 0 Å². The summed E-state index contributed by atoms with van der Waals surface area (Å²) in [6.45, 7) is 4.94. The molecular weight excluding hydrogens is 190 g/mol. The third-order valence-electron chi connectivity index (χ3n) is 2.28. The summed E-state index contributed by atoms with van der Waals surface area (Å²) in [5.41, 5.74) is 0. The number of nitrogens with one attached hydrogen (secondary N) is 1. The van der Waals surface area contributed by atoms with E-state index in [2.05, 4.69) is 21.8 Å². The van der Waals surface area contributed by atoms with Gasteiger partial charge in [-0.3, -0.25) is 0 Å². The Bertz CT molecular complexity index is 236. The summed E-state index contributed by atoms with van der Waals surface area (Å²) in [7, 11) is 1.73. The summed E-state index contributed by atoms with van der Waals surface area (Å²) in [6.07, 6.45) is 7.25. The minimum Gasteiger partial charge on any atom is -0.385 e. The van der Waals surface area contributed by atoms with Crippen molar-refractivity contribution >= 4 is 5.95 Å². The molecule has 1 rings (SSSR count). The maximum atomic E-state index is 5.02. The topological polar surface area (TPSA) is 39.1 Å². The quantitative estimate of drug-likeness (QED) is 0.669. The van der Waals surface area contributed by atoms with Gasteiger partial charge in [-0.15, -0.1) is 0 Å². The first-order valence-corrected chi connectivity index (χ1v) is 5.62. The van der Waals surface area contributed by atoms with Gasteiger partial charge in [0.1, 0.15) is 0 Å². The molecule has 0 aromatic carbocycles. The van der Waals surface area contributed by atoms with Crippen LogP contribution in [0.4, 0.5) is 5.95 Å². The second-order valence-corrected chi connectivity index (χ2v) is 3.57. The van der Waals surface area contributed by atoms with Crippen LogP contribution in [0.3, 0.4) is 0 Å². The molecule has 0 aliphatic rings. The summed E-state index contributed by atoms with van der Waals surface area (Å²) in [5.74, 6) is 0.972. The normalized spacial score (nSPS) is 10.5. The predicted octanol–water partition coefficient (Wildman–Crippen LogP) is 2.13. The number of unbranched alkanes of at least 4 members (excludes halogenated alkanes) is 1. The molecule has 1 heterocycles. The summed E-state index contributed by atoms with van der Waals surface area (Å²) in [6, 6.07) is 0. The number of imidazole rings is 1. The van der Waals surface area contributed by atoms with E-state index in [1.165, 1.54) is 12.8 Å². The Balaban J connectivity index is 2.32. The Labute approximate surface area is 91.7 Å². The van der Waals surface area contributed by atoms with E-state index in [4.69, 9.17) is 4.74 Å². The highest BCUT2D eigenvalue weighted by molar-refractivity contribution is 5.25.